The zero-order valence-corrected chi connectivity index (χ0v) is 11.8. The van der Waals surface area contributed by atoms with Crippen LogP contribution in [0.1, 0.15) is 47.0 Å². The van der Waals surface area contributed by atoms with Gasteiger partial charge in [-0.3, -0.25) is 4.79 Å². The standard InChI is InChI=1S/C14H28N2O/c1-11(2)8-12(3)9-16-7-5-6-14(10-16)15-13(4)17/h11-12,14H,5-10H2,1-4H3,(H,15,17)/t12-,14-/m1/s1. The highest BCUT2D eigenvalue weighted by atomic mass is 16.1. The second-order valence-corrected chi connectivity index (χ2v) is 6.03. The van der Waals surface area contributed by atoms with Crippen LogP contribution in [0.5, 0.6) is 0 Å². The molecule has 0 aromatic rings. The van der Waals surface area contributed by atoms with E-state index in [1.165, 1.54) is 25.9 Å². The van der Waals surface area contributed by atoms with Crippen LogP contribution >= 0.6 is 0 Å². The Morgan fingerprint density at radius 2 is 2.12 bits per heavy atom. The highest BCUT2D eigenvalue weighted by molar-refractivity contribution is 5.73. The molecule has 0 bridgehead atoms. The van der Waals surface area contributed by atoms with Crippen molar-refractivity contribution in [1.29, 1.82) is 0 Å². The van der Waals surface area contributed by atoms with Crippen molar-refractivity contribution >= 4 is 5.91 Å². The van der Waals surface area contributed by atoms with Crippen LogP contribution in [-0.2, 0) is 4.79 Å². The highest BCUT2D eigenvalue weighted by Crippen LogP contribution is 2.16. The van der Waals surface area contributed by atoms with Crippen LogP contribution in [0.3, 0.4) is 0 Å². The summed E-state index contributed by atoms with van der Waals surface area (Å²) in [5.41, 5.74) is 0. The predicted molar refractivity (Wildman–Crippen MR) is 71.9 cm³/mol. The Bertz CT molecular complexity index is 240. The van der Waals surface area contributed by atoms with Crippen molar-refractivity contribution in [2.75, 3.05) is 19.6 Å². The molecule has 0 unspecified atom stereocenters. The van der Waals surface area contributed by atoms with Gasteiger partial charge in [0.05, 0.1) is 0 Å². The molecule has 1 aliphatic rings. The minimum Gasteiger partial charge on any atom is -0.352 e. The molecule has 0 saturated carbocycles. The summed E-state index contributed by atoms with van der Waals surface area (Å²) in [5.74, 6) is 1.64. The van der Waals surface area contributed by atoms with Crippen LogP contribution in [0.25, 0.3) is 0 Å². The van der Waals surface area contributed by atoms with E-state index in [1.54, 1.807) is 6.92 Å². The van der Waals surface area contributed by atoms with E-state index < -0.39 is 0 Å². The van der Waals surface area contributed by atoms with E-state index in [2.05, 4.69) is 31.0 Å². The summed E-state index contributed by atoms with van der Waals surface area (Å²) >= 11 is 0. The van der Waals surface area contributed by atoms with Crippen molar-refractivity contribution in [3.63, 3.8) is 0 Å². The Kier molecular flexibility index (Phi) is 5.96. The van der Waals surface area contributed by atoms with Gasteiger partial charge < -0.3 is 10.2 Å². The number of hydrogen-bond donors (Lipinski definition) is 1. The van der Waals surface area contributed by atoms with E-state index in [9.17, 15) is 4.79 Å². The maximum Gasteiger partial charge on any atom is 0.217 e. The fraction of sp³-hybridized carbons (Fsp3) is 0.929. The van der Waals surface area contributed by atoms with Crippen LogP contribution in [0, 0.1) is 11.8 Å². The maximum absolute atomic E-state index is 11.1. The zero-order chi connectivity index (χ0) is 12.8. The second kappa shape index (κ2) is 7.00. The lowest BCUT2D eigenvalue weighted by molar-refractivity contribution is -0.120. The van der Waals surface area contributed by atoms with Gasteiger partial charge in [-0.25, -0.2) is 0 Å². The molecule has 0 radical (unpaired) electrons. The molecule has 3 heteroatoms. The monoisotopic (exact) mass is 240 g/mol. The average Bonchev–Trinajstić information content (AvgIpc) is 2.14. The summed E-state index contributed by atoms with van der Waals surface area (Å²) in [4.78, 5) is 13.6. The predicted octanol–water partition coefficient (Wildman–Crippen LogP) is 2.27. The fourth-order valence-corrected chi connectivity index (χ4v) is 2.95. The molecule has 1 rings (SSSR count). The Morgan fingerprint density at radius 3 is 2.71 bits per heavy atom. The number of rotatable bonds is 5. The molecule has 2 atom stereocenters. The maximum atomic E-state index is 11.1. The van der Waals surface area contributed by atoms with Crippen LogP contribution < -0.4 is 5.32 Å². The molecular weight excluding hydrogens is 212 g/mol. The molecule has 1 aliphatic heterocycles. The minimum absolute atomic E-state index is 0.104. The molecule has 1 N–H and O–H groups in total. The first-order chi connectivity index (χ1) is 7.97. The summed E-state index contributed by atoms with van der Waals surface area (Å²) in [6.45, 7) is 11.9. The number of carbonyl (C=O) groups excluding carboxylic acids is 1. The summed E-state index contributed by atoms with van der Waals surface area (Å²) in [5, 5.41) is 3.05. The highest BCUT2D eigenvalue weighted by Gasteiger charge is 2.21. The molecule has 1 heterocycles. The van der Waals surface area contributed by atoms with Crippen LogP contribution in [-0.4, -0.2) is 36.5 Å². The molecule has 0 aromatic heterocycles. The average molecular weight is 240 g/mol. The number of carbonyl (C=O) groups is 1. The van der Waals surface area contributed by atoms with E-state index in [0.29, 0.717) is 6.04 Å². The molecule has 0 spiro atoms. The number of piperidine rings is 1. The number of amides is 1. The van der Waals surface area contributed by atoms with Gasteiger partial charge in [0.15, 0.2) is 0 Å². The third-order valence-corrected chi connectivity index (χ3v) is 3.36. The van der Waals surface area contributed by atoms with Gasteiger partial charge in [-0.1, -0.05) is 20.8 Å². The van der Waals surface area contributed by atoms with Gasteiger partial charge in [0, 0.05) is 26.1 Å². The molecule has 17 heavy (non-hydrogen) atoms. The van der Waals surface area contributed by atoms with Gasteiger partial charge in [0.1, 0.15) is 0 Å². The lowest BCUT2D eigenvalue weighted by Crippen LogP contribution is -2.48. The summed E-state index contributed by atoms with van der Waals surface area (Å²) < 4.78 is 0. The van der Waals surface area contributed by atoms with E-state index in [1.807, 2.05) is 0 Å². The Morgan fingerprint density at radius 1 is 1.41 bits per heavy atom. The Labute approximate surface area is 106 Å². The molecule has 100 valence electrons. The van der Waals surface area contributed by atoms with Gasteiger partial charge in [-0.15, -0.1) is 0 Å². The van der Waals surface area contributed by atoms with E-state index >= 15 is 0 Å². The van der Waals surface area contributed by atoms with Gasteiger partial charge in [0.2, 0.25) is 5.91 Å². The summed E-state index contributed by atoms with van der Waals surface area (Å²) in [7, 11) is 0. The topological polar surface area (TPSA) is 32.3 Å². The van der Waals surface area contributed by atoms with E-state index in [-0.39, 0.29) is 5.91 Å². The van der Waals surface area contributed by atoms with Crippen LogP contribution in [0.2, 0.25) is 0 Å². The van der Waals surface area contributed by atoms with Crippen molar-refractivity contribution < 1.29 is 4.79 Å². The normalized spacial score (nSPS) is 23.7. The van der Waals surface area contributed by atoms with Crippen molar-refractivity contribution in [3.8, 4) is 0 Å². The summed E-state index contributed by atoms with van der Waals surface area (Å²) in [6, 6.07) is 0.368. The van der Waals surface area contributed by atoms with Crippen LogP contribution in [0.4, 0.5) is 0 Å². The van der Waals surface area contributed by atoms with Gasteiger partial charge >= 0.3 is 0 Å². The van der Waals surface area contributed by atoms with Crippen LogP contribution in [0.15, 0.2) is 0 Å². The van der Waals surface area contributed by atoms with Gasteiger partial charge in [-0.2, -0.15) is 0 Å². The quantitative estimate of drug-likeness (QED) is 0.799. The van der Waals surface area contributed by atoms with Crippen molar-refractivity contribution in [3.05, 3.63) is 0 Å². The number of hydrogen-bond acceptors (Lipinski definition) is 2. The van der Waals surface area contributed by atoms with Gasteiger partial charge in [0.25, 0.3) is 0 Å². The largest absolute Gasteiger partial charge is 0.352 e. The fourth-order valence-electron chi connectivity index (χ4n) is 2.95. The number of nitrogens with zero attached hydrogens (tertiary/aromatic N) is 1. The molecule has 1 fully saturated rings. The molecule has 0 aliphatic carbocycles. The lowest BCUT2D eigenvalue weighted by atomic mass is 9.97. The molecule has 3 nitrogen and oxygen atoms in total. The molecule has 1 amide bonds. The summed E-state index contributed by atoms with van der Waals surface area (Å²) in [6.07, 6.45) is 3.63. The first-order valence-corrected chi connectivity index (χ1v) is 6.96. The third-order valence-electron chi connectivity index (χ3n) is 3.36. The zero-order valence-electron chi connectivity index (χ0n) is 11.8. The first kappa shape index (κ1) is 14.5. The van der Waals surface area contributed by atoms with E-state index in [4.69, 9.17) is 0 Å². The SMILES string of the molecule is CC(=O)N[C@@H]1CCCN(C[C@H](C)CC(C)C)C1. The molecule has 0 aromatic carbocycles. The van der Waals surface area contributed by atoms with Gasteiger partial charge in [-0.05, 0) is 37.6 Å². The minimum atomic E-state index is 0.104. The first-order valence-electron chi connectivity index (χ1n) is 6.96. The molecular formula is C14H28N2O. The third kappa shape index (κ3) is 6.06. The van der Waals surface area contributed by atoms with Crippen molar-refractivity contribution in [1.82, 2.24) is 10.2 Å². The Hall–Kier alpha value is -0.570. The molecule has 1 saturated heterocycles. The lowest BCUT2D eigenvalue weighted by Gasteiger charge is -2.34. The second-order valence-electron chi connectivity index (χ2n) is 6.03. The number of likely N-dealkylation sites (tertiary alicyclic amines) is 1. The smallest absolute Gasteiger partial charge is 0.217 e. The van der Waals surface area contributed by atoms with E-state index in [0.717, 1.165) is 24.8 Å². The number of nitrogens with one attached hydrogen (secondary N) is 1. The van der Waals surface area contributed by atoms with Crippen molar-refractivity contribution in [2.45, 2.75) is 53.0 Å². The van der Waals surface area contributed by atoms with Crippen molar-refractivity contribution in [2.24, 2.45) is 11.8 Å². The Balaban J connectivity index is 2.31.